The fourth-order valence-corrected chi connectivity index (χ4v) is 1.69. The molecule has 96 valence electrons. The van der Waals surface area contributed by atoms with E-state index in [1.807, 2.05) is 30.3 Å². The molecule has 1 aromatic heterocycles. The van der Waals surface area contributed by atoms with Crippen LogP contribution in [-0.4, -0.2) is 29.2 Å². The van der Waals surface area contributed by atoms with Crippen molar-refractivity contribution in [2.75, 3.05) is 6.54 Å². The maximum absolute atomic E-state index is 12.1. The highest BCUT2D eigenvalue weighted by Gasteiger charge is 2.15. The number of pyridine rings is 1. The Morgan fingerprint density at radius 2 is 2.11 bits per heavy atom. The maximum atomic E-state index is 12.1. The Balaban J connectivity index is 1.96. The van der Waals surface area contributed by atoms with Crippen LogP contribution in [0.5, 0.6) is 0 Å². The normalized spacial score (nSPS) is 13.1. The van der Waals surface area contributed by atoms with Crippen molar-refractivity contribution >= 4 is 10.9 Å². The third kappa shape index (κ3) is 3.21. The number of aliphatic hydroxyl groups is 1. The highest BCUT2D eigenvalue weighted by molar-refractivity contribution is 5.78. The van der Waals surface area contributed by atoms with E-state index < -0.39 is 12.5 Å². The molecule has 18 heavy (non-hydrogen) atoms. The van der Waals surface area contributed by atoms with Crippen molar-refractivity contribution in [2.45, 2.75) is 19.1 Å². The van der Waals surface area contributed by atoms with Gasteiger partial charge in [-0.05, 0) is 23.8 Å². The van der Waals surface area contributed by atoms with Crippen LogP contribution < -0.4 is 5.32 Å². The van der Waals surface area contributed by atoms with Gasteiger partial charge in [0.1, 0.15) is 6.10 Å². The molecule has 2 N–H and O–H groups in total. The minimum Gasteiger partial charge on any atom is -0.386 e. The fourth-order valence-electron chi connectivity index (χ4n) is 1.69. The van der Waals surface area contributed by atoms with Gasteiger partial charge in [-0.3, -0.25) is 4.98 Å². The van der Waals surface area contributed by atoms with Crippen LogP contribution in [0.3, 0.4) is 0 Å². The van der Waals surface area contributed by atoms with Crippen LogP contribution in [-0.2, 0) is 6.54 Å². The number of hydrogen-bond acceptors (Lipinski definition) is 3. The monoisotopic (exact) mass is 252 g/mol. The topological polar surface area (TPSA) is 45.1 Å². The molecular formula is C13H14F2N2O. The second-order valence-electron chi connectivity index (χ2n) is 4.06. The van der Waals surface area contributed by atoms with Gasteiger partial charge in [0.05, 0.1) is 5.52 Å². The van der Waals surface area contributed by atoms with Crippen molar-refractivity contribution in [3.05, 3.63) is 42.1 Å². The van der Waals surface area contributed by atoms with Gasteiger partial charge in [-0.25, -0.2) is 8.78 Å². The summed E-state index contributed by atoms with van der Waals surface area (Å²) in [6.45, 7) is 0.317. The van der Waals surface area contributed by atoms with Crippen LogP contribution in [0.1, 0.15) is 5.56 Å². The van der Waals surface area contributed by atoms with Crippen LogP contribution >= 0.6 is 0 Å². The Morgan fingerprint density at radius 3 is 2.89 bits per heavy atom. The number of nitrogens with one attached hydrogen (secondary N) is 1. The van der Waals surface area contributed by atoms with Crippen molar-refractivity contribution in [2.24, 2.45) is 0 Å². The van der Waals surface area contributed by atoms with Crippen molar-refractivity contribution in [1.29, 1.82) is 0 Å². The Hall–Kier alpha value is -1.59. The quantitative estimate of drug-likeness (QED) is 0.855. The molecule has 1 atom stereocenters. The van der Waals surface area contributed by atoms with E-state index in [1.54, 1.807) is 6.20 Å². The van der Waals surface area contributed by atoms with Gasteiger partial charge < -0.3 is 10.4 Å². The lowest BCUT2D eigenvalue weighted by molar-refractivity contribution is -0.00340. The number of rotatable bonds is 5. The van der Waals surface area contributed by atoms with Gasteiger partial charge in [0, 0.05) is 24.7 Å². The molecule has 0 bridgehead atoms. The Bertz CT molecular complexity index is 519. The van der Waals surface area contributed by atoms with Crippen molar-refractivity contribution in [3.8, 4) is 0 Å². The lowest BCUT2D eigenvalue weighted by Gasteiger charge is -2.10. The fraction of sp³-hybridized carbons (Fsp3) is 0.308. The first kappa shape index (κ1) is 12.9. The molecule has 0 fully saturated rings. The Kier molecular flexibility index (Phi) is 4.17. The van der Waals surface area contributed by atoms with E-state index in [0.717, 1.165) is 16.5 Å². The van der Waals surface area contributed by atoms with E-state index in [9.17, 15) is 8.78 Å². The third-order valence-corrected chi connectivity index (χ3v) is 2.64. The van der Waals surface area contributed by atoms with E-state index in [4.69, 9.17) is 5.11 Å². The first-order valence-electron chi connectivity index (χ1n) is 5.67. The van der Waals surface area contributed by atoms with Crippen LogP contribution in [0.2, 0.25) is 0 Å². The lowest BCUT2D eigenvalue weighted by Crippen LogP contribution is -2.31. The molecule has 0 aliphatic carbocycles. The highest BCUT2D eigenvalue weighted by atomic mass is 19.3. The summed E-state index contributed by atoms with van der Waals surface area (Å²) in [7, 11) is 0. The van der Waals surface area contributed by atoms with Crippen LogP contribution in [0, 0.1) is 0 Å². The second-order valence-corrected chi connectivity index (χ2v) is 4.06. The summed E-state index contributed by atoms with van der Waals surface area (Å²) < 4.78 is 24.1. The van der Waals surface area contributed by atoms with E-state index in [1.165, 1.54) is 0 Å². The standard InChI is InChI=1S/C13H14F2N2O/c14-13(15)12(18)8-16-7-9-3-4-11-10(6-9)2-1-5-17-11/h1-6,12-13,16,18H,7-8H2. The SMILES string of the molecule is OC(CNCc1ccc2ncccc2c1)C(F)F. The van der Waals surface area contributed by atoms with Gasteiger partial charge in [0.25, 0.3) is 6.43 Å². The molecule has 1 heterocycles. The van der Waals surface area contributed by atoms with Crippen LogP contribution in [0.4, 0.5) is 8.78 Å². The van der Waals surface area contributed by atoms with E-state index >= 15 is 0 Å². The van der Waals surface area contributed by atoms with Crippen molar-refractivity contribution < 1.29 is 13.9 Å². The van der Waals surface area contributed by atoms with Crippen LogP contribution in [0.15, 0.2) is 36.5 Å². The Morgan fingerprint density at radius 1 is 1.28 bits per heavy atom. The zero-order valence-corrected chi connectivity index (χ0v) is 9.68. The molecule has 0 saturated carbocycles. The second kappa shape index (κ2) is 5.84. The third-order valence-electron chi connectivity index (χ3n) is 2.64. The molecule has 1 aromatic carbocycles. The first-order valence-corrected chi connectivity index (χ1v) is 5.67. The summed E-state index contributed by atoms with van der Waals surface area (Å²) in [4.78, 5) is 4.19. The predicted molar refractivity (Wildman–Crippen MR) is 65.5 cm³/mol. The summed E-state index contributed by atoms with van der Waals surface area (Å²) in [5.41, 5.74) is 1.87. The van der Waals surface area contributed by atoms with E-state index in [-0.39, 0.29) is 6.54 Å². The van der Waals surface area contributed by atoms with E-state index in [0.29, 0.717) is 6.54 Å². The molecule has 0 amide bonds. The molecule has 0 radical (unpaired) electrons. The molecular weight excluding hydrogens is 238 g/mol. The molecule has 1 unspecified atom stereocenters. The molecule has 3 nitrogen and oxygen atoms in total. The largest absolute Gasteiger partial charge is 0.386 e. The lowest BCUT2D eigenvalue weighted by atomic mass is 10.1. The molecule has 0 saturated heterocycles. The molecule has 0 aliphatic rings. The number of aliphatic hydroxyl groups excluding tert-OH is 1. The van der Waals surface area contributed by atoms with Gasteiger partial charge in [0.2, 0.25) is 0 Å². The summed E-state index contributed by atoms with van der Waals surface area (Å²) in [5.74, 6) is 0. The summed E-state index contributed by atoms with van der Waals surface area (Å²) in [6, 6.07) is 9.51. The maximum Gasteiger partial charge on any atom is 0.265 e. The molecule has 5 heteroatoms. The average Bonchev–Trinajstić information content (AvgIpc) is 2.38. The minimum atomic E-state index is -2.71. The number of fused-ring (bicyclic) bond motifs is 1. The number of benzene rings is 1. The number of halogens is 2. The van der Waals surface area contributed by atoms with Crippen LogP contribution in [0.25, 0.3) is 10.9 Å². The van der Waals surface area contributed by atoms with Gasteiger partial charge in [-0.1, -0.05) is 12.1 Å². The average molecular weight is 252 g/mol. The summed E-state index contributed by atoms with van der Waals surface area (Å²) >= 11 is 0. The number of hydrogen-bond donors (Lipinski definition) is 2. The summed E-state index contributed by atoms with van der Waals surface area (Å²) in [6.07, 6.45) is -2.61. The molecule has 0 spiro atoms. The smallest absolute Gasteiger partial charge is 0.265 e. The van der Waals surface area contributed by atoms with Crippen molar-refractivity contribution in [1.82, 2.24) is 10.3 Å². The predicted octanol–water partition coefficient (Wildman–Crippen LogP) is 1.95. The van der Waals surface area contributed by atoms with Gasteiger partial charge in [0.15, 0.2) is 0 Å². The minimum absolute atomic E-state index is 0.122. The highest BCUT2D eigenvalue weighted by Crippen LogP contribution is 2.13. The zero-order valence-electron chi connectivity index (χ0n) is 9.68. The number of aromatic nitrogens is 1. The molecule has 2 aromatic rings. The zero-order chi connectivity index (χ0) is 13.0. The number of alkyl halides is 2. The van der Waals surface area contributed by atoms with Gasteiger partial charge in [-0.2, -0.15) is 0 Å². The van der Waals surface area contributed by atoms with Gasteiger partial charge in [-0.15, -0.1) is 0 Å². The molecule has 0 aliphatic heterocycles. The van der Waals surface area contributed by atoms with Gasteiger partial charge >= 0.3 is 0 Å². The number of nitrogens with zero attached hydrogens (tertiary/aromatic N) is 1. The first-order chi connectivity index (χ1) is 8.66. The molecule has 2 rings (SSSR count). The summed E-state index contributed by atoms with van der Waals surface area (Å²) in [5, 5.41) is 12.8. The van der Waals surface area contributed by atoms with Crippen molar-refractivity contribution in [3.63, 3.8) is 0 Å². The van der Waals surface area contributed by atoms with E-state index in [2.05, 4.69) is 10.3 Å². The Labute approximate surface area is 103 Å².